The Morgan fingerprint density at radius 1 is 1.16 bits per heavy atom. The average molecular weight is 556 g/mol. The zero-order valence-electron chi connectivity index (χ0n) is 19.7. The van der Waals surface area contributed by atoms with Crippen LogP contribution in [0, 0.1) is 11.8 Å². The maximum Gasteiger partial charge on any atom is 0.335 e. The Morgan fingerprint density at radius 3 is 2.62 bits per heavy atom. The van der Waals surface area contributed by atoms with Gasteiger partial charge in [0.15, 0.2) is 5.13 Å². The number of benzene rings is 2. The molecule has 2 saturated carbocycles. The third-order valence-electron chi connectivity index (χ3n) is 7.73. The predicted molar refractivity (Wildman–Crippen MR) is 143 cm³/mol. The monoisotopic (exact) mass is 555 g/mol. The Bertz CT molecular complexity index is 1500. The molecule has 2 aliphatic heterocycles. The molecule has 4 heterocycles. The van der Waals surface area contributed by atoms with Crippen LogP contribution < -0.4 is 4.90 Å². The number of thiazole rings is 1. The van der Waals surface area contributed by atoms with Crippen LogP contribution in [-0.2, 0) is 11.3 Å². The molecule has 4 fully saturated rings. The van der Waals surface area contributed by atoms with E-state index in [1.54, 1.807) is 29.5 Å². The third kappa shape index (κ3) is 4.11. The molecule has 2 aromatic heterocycles. The highest BCUT2D eigenvalue weighted by molar-refractivity contribution is 7.22. The van der Waals surface area contributed by atoms with Gasteiger partial charge in [-0.25, -0.2) is 9.78 Å². The van der Waals surface area contributed by atoms with E-state index in [0.29, 0.717) is 45.7 Å². The minimum Gasteiger partial charge on any atom is -0.478 e. The Kier molecular flexibility index (Phi) is 5.69. The summed E-state index contributed by atoms with van der Waals surface area (Å²) in [6.07, 6.45) is 3.49. The van der Waals surface area contributed by atoms with E-state index >= 15 is 0 Å². The molecular formula is C27H23Cl2N3O4S. The van der Waals surface area contributed by atoms with Crippen LogP contribution in [0.2, 0.25) is 10.0 Å². The molecule has 0 amide bonds. The highest BCUT2D eigenvalue weighted by Crippen LogP contribution is 2.48. The molecular weight excluding hydrogens is 533 g/mol. The van der Waals surface area contributed by atoms with Gasteiger partial charge in [0.25, 0.3) is 0 Å². The van der Waals surface area contributed by atoms with Crippen molar-refractivity contribution in [3.05, 3.63) is 63.3 Å². The number of aromatic carboxylic acids is 1. The van der Waals surface area contributed by atoms with Gasteiger partial charge in [-0.15, -0.1) is 0 Å². The fourth-order valence-electron chi connectivity index (χ4n) is 5.68. The molecule has 190 valence electrons. The molecule has 37 heavy (non-hydrogen) atoms. The quantitative estimate of drug-likeness (QED) is 0.266. The SMILES string of the molecule is O=C(O)c1ccc2nc(N3CC4CC(C3)C4OCc3c(-c4c(Cl)cccc4Cl)noc3C3CC3)sc2c1. The molecule has 2 atom stereocenters. The second-order valence-corrected chi connectivity index (χ2v) is 12.0. The van der Waals surface area contributed by atoms with Gasteiger partial charge in [-0.3, -0.25) is 0 Å². The van der Waals surface area contributed by atoms with Gasteiger partial charge in [-0.1, -0.05) is 45.8 Å². The number of aromatic nitrogens is 2. The third-order valence-corrected chi connectivity index (χ3v) is 9.43. The maximum absolute atomic E-state index is 11.3. The van der Waals surface area contributed by atoms with Crippen molar-refractivity contribution in [2.45, 2.75) is 37.9 Å². The average Bonchev–Trinajstić information content (AvgIpc) is 3.50. The lowest BCUT2D eigenvalue weighted by Crippen LogP contribution is -2.59. The largest absolute Gasteiger partial charge is 0.478 e. The van der Waals surface area contributed by atoms with E-state index in [2.05, 4.69) is 10.1 Å². The van der Waals surface area contributed by atoms with Gasteiger partial charge < -0.3 is 19.3 Å². The summed E-state index contributed by atoms with van der Waals surface area (Å²) in [4.78, 5) is 18.4. The highest BCUT2D eigenvalue weighted by Gasteiger charge is 2.48. The van der Waals surface area contributed by atoms with Crippen LogP contribution in [-0.4, -0.2) is 40.4 Å². The lowest BCUT2D eigenvalue weighted by Gasteiger charge is -2.53. The number of hydrogen-bond donors (Lipinski definition) is 1. The molecule has 8 rings (SSSR count). The van der Waals surface area contributed by atoms with Gasteiger partial charge in [-0.2, -0.15) is 0 Å². The van der Waals surface area contributed by atoms with E-state index in [4.69, 9.17) is 37.4 Å². The molecule has 10 heteroatoms. The molecule has 2 saturated heterocycles. The van der Waals surface area contributed by atoms with Crippen LogP contribution in [0.25, 0.3) is 21.5 Å². The number of nitrogens with zero attached hydrogens (tertiary/aromatic N) is 3. The Labute approximate surface area is 226 Å². The Balaban J connectivity index is 1.08. The Hall–Kier alpha value is -2.65. The van der Waals surface area contributed by atoms with Crippen molar-refractivity contribution in [3.8, 4) is 11.3 Å². The minimum atomic E-state index is -0.923. The summed E-state index contributed by atoms with van der Waals surface area (Å²) in [5.74, 6) is 1.19. The van der Waals surface area contributed by atoms with Crippen molar-refractivity contribution in [1.29, 1.82) is 0 Å². The number of ether oxygens (including phenoxy) is 1. The number of carbonyl (C=O) groups is 1. The maximum atomic E-state index is 11.3. The molecule has 2 aromatic carbocycles. The Morgan fingerprint density at radius 2 is 1.92 bits per heavy atom. The summed E-state index contributed by atoms with van der Waals surface area (Å²) in [5.41, 5.74) is 3.46. The molecule has 2 bridgehead atoms. The van der Waals surface area contributed by atoms with Gasteiger partial charge in [0.05, 0.1) is 38.5 Å². The first-order valence-corrected chi connectivity index (χ1v) is 14.0. The van der Waals surface area contributed by atoms with Gasteiger partial charge in [0.2, 0.25) is 0 Å². The summed E-state index contributed by atoms with van der Waals surface area (Å²) in [6.45, 7) is 2.16. The molecule has 0 radical (unpaired) electrons. The summed E-state index contributed by atoms with van der Waals surface area (Å²) < 4.78 is 13.2. The van der Waals surface area contributed by atoms with Crippen LogP contribution in [0.4, 0.5) is 5.13 Å². The molecule has 0 spiro atoms. The van der Waals surface area contributed by atoms with Crippen LogP contribution in [0.1, 0.15) is 46.9 Å². The first-order valence-electron chi connectivity index (χ1n) is 12.4. The van der Waals surface area contributed by atoms with Crippen molar-refractivity contribution in [2.75, 3.05) is 18.0 Å². The van der Waals surface area contributed by atoms with Crippen LogP contribution in [0.3, 0.4) is 0 Å². The lowest BCUT2D eigenvalue weighted by molar-refractivity contribution is -0.111. The van der Waals surface area contributed by atoms with E-state index in [-0.39, 0.29) is 11.7 Å². The second kappa shape index (κ2) is 8.98. The van der Waals surface area contributed by atoms with Crippen LogP contribution in [0.15, 0.2) is 40.9 Å². The van der Waals surface area contributed by atoms with Gasteiger partial charge in [0, 0.05) is 42.0 Å². The zero-order valence-corrected chi connectivity index (χ0v) is 22.0. The van der Waals surface area contributed by atoms with Gasteiger partial charge >= 0.3 is 5.97 Å². The topological polar surface area (TPSA) is 88.7 Å². The number of halogens is 2. The molecule has 4 aromatic rings. The standard InChI is InChI=1S/C27H23Cl2N3O4S/c28-18-2-1-3-19(29)22(18)23-17(25(36-31-23)13-4-5-13)12-35-24-15-8-16(24)11-32(10-15)27-30-20-7-6-14(26(33)34)9-21(20)37-27/h1-3,6-7,9,13,15-16,24H,4-5,8,10-12H2,(H,33,34). The molecule has 2 aliphatic carbocycles. The molecule has 7 nitrogen and oxygen atoms in total. The van der Waals surface area contributed by atoms with Gasteiger partial charge in [0.1, 0.15) is 11.5 Å². The summed E-state index contributed by atoms with van der Waals surface area (Å²) in [5, 5.41) is 15.7. The summed E-state index contributed by atoms with van der Waals surface area (Å²) in [7, 11) is 0. The number of hydrogen-bond acceptors (Lipinski definition) is 7. The first-order chi connectivity index (χ1) is 18.0. The highest BCUT2D eigenvalue weighted by atomic mass is 35.5. The van der Waals surface area contributed by atoms with E-state index in [1.807, 2.05) is 18.2 Å². The molecule has 1 N–H and O–H groups in total. The van der Waals surface area contributed by atoms with Crippen molar-refractivity contribution in [2.24, 2.45) is 11.8 Å². The fraction of sp³-hybridized carbons (Fsp3) is 0.370. The summed E-state index contributed by atoms with van der Waals surface area (Å²) in [6, 6.07) is 10.5. The fourth-order valence-corrected chi connectivity index (χ4v) is 7.28. The first kappa shape index (κ1) is 23.5. The van der Waals surface area contributed by atoms with Crippen molar-refractivity contribution in [3.63, 3.8) is 0 Å². The normalized spacial score (nSPS) is 22.9. The van der Waals surface area contributed by atoms with E-state index in [0.717, 1.165) is 59.0 Å². The molecule has 4 aliphatic rings. The molecule has 2 unspecified atom stereocenters. The number of carboxylic acids is 1. The van der Waals surface area contributed by atoms with E-state index < -0.39 is 5.97 Å². The number of anilines is 1. The number of piperidine rings is 2. The number of fused-ring (bicyclic) bond motifs is 3. The van der Waals surface area contributed by atoms with Crippen molar-refractivity contribution < 1.29 is 19.2 Å². The zero-order chi connectivity index (χ0) is 25.3. The number of carboxylic acid groups (broad SMARTS) is 1. The van der Waals surface area contributed by atoms with E-state index in [9.17, 15) is 9.90 Å². The minimum absolute atomic E-state index is 0.167. The lowest BCUT2D eigenvalue weighted by atomic mass is 9.68. The number of rotatable bonds is 7. The van der Waals surface area contributed by atoms with E-state index in [1.165, 1.54) is 0 Å². The van der Waals surface area contributed by atoms with Crippen LogP contribution in [0.5, 0.6) is 0 Å². The van der Waals surface area contributed by atoms with Gasteiger partial charge in [-0.05, 0) is 49.6 Å². The summed E-state index contributed by atoms with van der Waals surface area (Å²) >= 11 is 14.6. The van der Waals surface area contributed by atoms with Crippen LogP contribution >= 0.6 is 34.5 Å². The smallest absolute Gasteiger partial charge is 0.335 e. The van der Waals surface area contributed by atoms with Crippen molar-refractivity contribution in [1.82, 2.24) is 10.1 Å². The predicted octanol–water partition coefficient (Wildman–Crippen LogP) is 6.88. The van der Waals surface area contributed by atoms with Crippen molar-refractivity contribution >= 4 is 55.9 Å². The second-order valence-electron chi connectivity index (χ2n) is 10.2.